The van der Waals surface area contributed by atoms with E-state index in [-0.39, 0.29) is 5.84 Å². The summed E-state index contributed by atoms with van der Waals surface area (Å²) in [5.74, 6) is 0.159. The van der Waals surface area contributed by atoms with E-state index in [1.54, 1.807) is 75.4 Å². The van der Waals surface area contributed by atoms with Crippen LogP contribution >= 0.6 is 27.5 Å². The minimum absolute atomic E-state index is 0.159. The lowest BCUT2D eigenvalue weighted by atomic mass is 10.1. The zero-order chi connectivity index (χ0) is 27.7. The van der Waals surface area contributed by atoms with Crippen molar-refractivity contribution in [3.63, 3.8) is 0 Å². The second-order valence-corrected chi connectivity index (χ2v) is 10.6. The molecule has 0 aliphatic heterocycles. The summed E-state index contributed by atoms with van der Waals surface area (Å²) in [6.07, 6.45) is -2.95. The third-order valence-corrected chi connectivity index (χ3v) is 5.77. The van der Waals surface area contributed by atoms with Crippen LogP contribution in [0.5, 0.6) is 0 Å². The van der Waals surface area contributed by atoms with Crippen LogP contribution in [0.15, 0.2) is 88.3 Å². The zero-order valence-electron chi connectivity index (χ0n) is 21.2. The van der Waals surface area contributed by atoms with Gasteiger partial charge < -0.3 is 15.6 Å². The minimum Gasteiger partial charge on any atom is -0.444 e. The van der Waals surface area contributed by atoms with Gasteiger partial charge in [0.25, 0.3) is 0 Å². The summed E-state index contributed by atoms with van der Waals surface area (Å²) in [6.45, 7) is 5.29. The standard InChI is InChI=1S/C27H31BrClN5O4/c1-27(2,3)37-26(36)32-25(19-12-7-13-20(28)15-19)38-34-33-22(18-11-8-14-21(29)16-18)24(35)31-23(30)17-9-5-4-6-10-17/h4-16,22,24-25,33-35H,1-3H3,(H2,30,31)(H,32,36). The Morgan fingerprint density at radius 1 is 1.03 bits per heavy atom. The maximum atomic E-state index is 12.5. The van der Waals surface area contributed by atoms with Gasteiger partial charge in [-0.15, -0.1) is 5.59 Å². The van der Waals surface area contributed by atoms with Crippen molar-refractivity contribution in [3.8, 4) is 0 Å². The van der Waals surface area contributed by atoms with Crippen molar-refractivity contribution < 1.29 is 19.5 Å². The number of nitrogens with one attached hydrogen (secondary N) is 3. The number of aliphatic imine (C=N–C) groups is 1. The number of aliphatic hydroxyl groups is 1. The van der Waals surface area contributed by atoms with Gasteiger partial charge in [-0.25, -0.2) is 15.2 Å². The second kappa shape index (κ2) is 13.7. The number of nitrogens with two attached hydrogens (primary N) is 1. The molecule has 3 aromatic rings. The Bertz CT molecular complexity index is 1240. The first kappa shape index (κ1) is 29.6. The highest BCUT2D eigenvalue weighted by Crippen LogP contribution is 2.23. The van der Waals surface area contributed by atoms with Crippen molar-refractivity contribution >= 4 is 39.5 Å². The molecule has 0 fully saturated rings. The molecule has 3 unspecified atom stereocenters. The average Bonchev–Trinajstić information content (AvgIpc) is 2.85. The summed E-state index contributed by atoms with van der Waals surface area (Å²) in [6, 6.07) is 22.4. The number of halogens is 2. The Labute approximate surface area is 235 Å². The van der Waals surface area contributed by atoms with Gasteiger partial charge in [-0.3, -0.25) is 10.2 Å². The van der Waals surface area contributed by atoms with Crippen LogP contribution in [0, 0.1) is 0 Å². The lowest BCUT2D eigenvalue weighted by Gasteiger charge is -2.26. The molecule has 9 nitrogen and oxygen atoms in total. The first-order valence-corrected chi connectivity index (χ1v) is 12.9. The van der Waals surface area contributed by atoms with E-state index in [0.717, 1.165) is 4.47 Å². The molecule has 0 bridgehead atoms. The molecule has 38 heavy (non-hydrogen) atoms. The predicted octanol–water partition coefficient (Wildman–Crippen LogP) is 5.12. The molecule has 3 aromatic carbocycles. The number of rotatable bonds is 10. The number of ether oxygens (including phenoxy) is 1. The number of alkyl carbamates (subject to hydrolysis) is 1. The molecule has 0 aromatic heterocycles. The summed E-state index contributed by atoms with van der Waals surface area (Å²) in [5, 5.41) is 14.2. The largest absolute Gasteiger partial charge is 0.444 e. The van der Waals surface area contributed by atoms with Crippen LogP contribution in [0.4, 0.5) is 4.79 Å². The summed E-state index contributed by atoms with van der Waals surface area (Å²) in [7, 11) is 0. The van der Waals surface area contributed by atoms with E-state index in [1.807, 2.05) is 24.3 Å². The highest BCUT2D eigenvalue weighted by molar-refractivity contribution is 9.10. The van der Waals surface area contributed by atoms with Crippen LogP contribution in [0.1, 0.15) is 49.7 Å². The fourth-order valence-electron chi connectivity index (χ4n) is 3.35. The fourth-order valence-corrected chi connectivity index (χ4v) is 3.97. The van der Waals surface area contributed by atoms with Crippen LogP contribution < -0.4 is 22.1 Å². The molecule has 0 radical (unpaired) electrons. The average molecular weight is 605 g/mol. The molecular formula is C27H31BrClN5O4. The predicted molar refractivity (Wildman–Crippen MR) is 151 cm³/mol. The van der Waals surface area contributed by atoms with Crippen molar-refractivity contribution in [1.82, 2.24) is 16.3 Å². The number of aliphatic hydroxyl groups excluding tert-OH is 1. The van der Waals surface area contributed by atoms with Gasteiger partial charge in [0.05, 0.1) is 6.04 Å². The third-order valence-electron chi connectivity index (χ3n) is 5.04. The van der Waals surface area contributed by atoms with Gasteiger partial charge in [-0.05, 0) is 50.6 Å². The molecule has 0 spiro atoms. The van der Waals surface area contributed by atoms with Crippen LogP contribution in [0.25, 0.3) is 0 Å². The lowest BCUT2D eigenvalue weighted by molar-refractivity contribution is -0.0811. The molecular weight excluding hydrogens is 574 g/mol. The monoisotopic (exact) mass is 603 g/mol. The number of carbonyl (C=O) groups is 1. The maximum absolute atomic E-state index is 12.5. The van der Waals surface area contributed by atoms with E-state index in [4.69, 9.17) is 26.9 Å². The van der Waals surface area contributed by atoms with E-state index in [0.29, 0.717) is 21.7 Å². The van der Waals surface area contributed by atoms with Gasteiger partial charge in [0, 0.05) is 20.6 Å². The Balaban J connectivity index is 1.80. The van der Waals surface area contributed by atoms with Crippen molar-refractivity contribution in [2.75, 3.05) is 0 Å². The van der Waals surface area contributed by atoms with E-state index < -0.39 is 30.2 Å². The molecule has 0 saturated carbocycles. The topological polar surface area (TPSA) is 130 Å². The Kier molecular flexibility index (Phi) is 10.7. The molecule has 3 rings (SSSR count). The van der Waals surface area contributed by atoms with E-state index in [9.17, 15) is 9.90 Å². The number of carbonyl (C=O) groups excluding carboxylic acids is 1. The lowest BCUT2D eigenvalue weighted by Crippen LogP contribution is -2.45. The summed E-state index contributed by atoms with van der Waals surface area (Å²) in [4.78, 5) is 22.5. The van der Waals surface area contributed by atoms with E-state index in [2.05, 4.69) is 37.3 Å². The molecule has 3 atom stereocenters. The summed E-state index contributed by atoms with van der Waals surface area (Å²) >= 11 is 9.62. The van der Waals surface area contributed by atoms with Crippen LogP contribution in [-0.4, -0.2) is 28.9 Å². The molecule has 0 aliphatic carbocycles. The van der Waals surface area contributed by atoms with Gasteiger partial charge in [0.1, 0.15) is 11.4 Å². The van der Waals surface area contributed by atoms with Gasteiger partial charge in [0.2, 0.25) is 0 Å². The molecule has 0 aliphatic rings. The molecule has 202 valence electrons. The van der Waals surface area contributed by atoms with Crippen LogP contribution in [0.2, 0.25) is 5.02 Å². The third kappa shape index (κ3) is 9.39. The first-order chi connectivity index (χ1) is 18.0. The van der Waals surface area contributed by atoms with Crippen molar-refractivity contribution in [3.05, 3.63) is 105 Å². The van der Waals surface area contributed by atoms with Gasteiger partial charge >= 0.3 is 6.09 Å². The van der Waals surface area contributed by atoms with Crippen molar-refractivity contribution in [2.45, 2.75) is 44.9 Å². The normalized spacial score (nSPS) is 14.4. The van der Waals surface area contributed by atoms with Gasteiger partial charge in [-0.2, -0.15) is 0 Å². The summed E-state index contributed by atoms with van der Waals surface area (Å²) in [5.41, 5.74) is 12.9. The van der Waals surface area contributed by atoms with E-state index >= 15 is 0 Å². The first-order valence-electron chi connectivity index (χ1n) is 11.8. The number of nitrogens with zero attached hydrogens (tertiary/aromatic N) is 1. The maximum Gasteiger partial charge on any atom is 0.410 e. The SMILES string of the molecule is CC(C)(C)OC(=O)NC(ONNC(c1cccc(Cl)c1)C(O)N=C(N)c1ccccc1)c1cccc(Br)c1. The van der Waals surface area contributed by atoms with Crippen molar-refractivity contribution in [1.29, 1.82) is 0 Å². The molecule has 0 saturated heterocycles. The number of benzene rings is 3. The summed E-state index contributed by atoms with van der Waals surface area (Å²) < 4.78 is 6.17. The van der Waals surface area contributed by atoms with Crippen LogP contribution in [-0.2, 0) is 9.57 Å². The quantitative estimate of drug-likeness (QED) is 0.0940. The van der Waals surface area contributed by atoms with Crippen molar-refractivity contribution in [2.24, 2.45) is 10.7 Å². The number of amidine groups is 1. The van der Waals surface area contributed by atoms with Gasteiger partial charge in [-0.1, -0.05) is 82.1 Å². The fraction of sp³-hybridized carbons (Fsp3) is 0.259. The minimum atomic E-state index is -1.33. The Morgan fingerprint density at radius 2 is 1.71 bits per heavy atom. The Morgan fingerprint density at radius 3 is 2.37 bits per heavy atom. The van der Waals surface area contributed by atoms with Crippen LogP contribution in [0.3, 0.4) is 0 Å². The van der Waals surface area contributed by atoms with E-state index in [1.165, 1.54) is 0 Å². The zero-order valence-corrected chi connectivity index (χ0v) is 23.5. The highest BCUT2D eigenvalue weighted by Gasteiger charge is 2.24. The molecule has 0 heterocycles. The smallest absolute Gasteiger partial charge is 0.410 e. The highest BCUT2D eigenvalue weighted by atomic mass is 79.9. The second-order valence-electron chi connectivity index (χ2n) is 9.27. The number of hydrogen-bond acceptors (Lipinski definition) is 7. The number of hydrogen-bond donors (Lipinski definition) is 5. The number of amides is 1. The molecule has 6 N–H and O–H groups in total. The Hall–Kier alpha value is -2.99. The van der Waals surface area contributed by atoms with Gasteiger partial charge in [0.15, 0.2) is 12.5 Å². The number of hydrazine groups is 1. The molecule has 1 amide bonds. The molecule has 11 heteroatoms.